The quantitative estimate of drug-likeness (QED) is 0.754. The Kier molecular flexibility index (Phi) is 3.80. The Morgan fingerprint density at radius 2 is 1.76 bits per heavy atom. The number of rotatable bonds is 9. The monoisotopic (exact) mass is 288 g/mol. The van der Waals surface area contributed by atoms with Crippen molar-refractivity contribution in [2.75, 3.05) is 13.1 Å². The van der Waals surface area contributed by atoms with Gasteiger partial charge in [-0.05, 0) is 63.4 Å². The van der Waals surface area contributed by atoms with E-state index in [1.165, 1.54) is 62.9 Å². The van der Waals surface area contributed by atoms with Gasteiger partial charge in [0.2, 0.25) is 0 Å². The second-order valence-electron chi connectivity index (χ2n) is 7.53. The normalized spacial score (nSPS) is 22.2. The van der Waals surface area contributed by atoms with Gasteiger partial charge in [-0.15, -0.1) is 0 Å². The van der Waals surface area contributed by atoms with Crippen molar-refractivity contribution >= 4 is 0 Å². The van der Waals surface area contributed by atoms with E-state index in [0.29, 0.717) is 0 Å². The van der Waals surface area contributed by atoms with Crippen molar-refractivity contribution in [2.24, 2.45) is 11.8 Å². The molecule has 3 saturated carbocycles. The maximum Gasteiger partial charge on any atom is 0.118 e. The van der Waals surface area contributed by atoms with Crippen LogP contribution in [0, 0.1) is 18.8 Å². The fraction of sp³-hybridized carbons (Fsp3) is 0.778. The molecular weight excluding hydrogens is 260 g/mol. The Labute approximate surface area is 128 Å². The van der Waals surface area contributed by atoms with Crippen LogP contribution in [0.25, 0.3) is 0 Å². The lowest BCUT2D eigenvalue weighted by Gasteiger charge is -2.20. The molecule has 0 spiro atoms. The topological polar surface area (TPSA) is 28.4 Å². The molecule has 3 aliphatic rings. The Hall–Kier alpha value is -0.800. The molecule has 0 aliphatic heterocycles. The number of aryl methyl sites for hydroxylation is 1. The number of furan rings is 1. The summed E-state index contributed by atoms with van der Waals surface area (Å²) in [5.41, 5.74) is 1.36. The molecule has 0 amide bonds. The second-order valence-corrected chi connectivity index (χ2v) is 7.53. The predicted molar refractivity (Wildman–Crippen MR) is 84.0 cm³/mol. The van der Waals surface area contributed by atoms with Gasteiger partial charge >= 0.3 is 0 Å². The van der Waals surface area contributed by atoms with Crippen molar-refractivity contribution in [1.82, 2.24) is 10.2 Å². The molecule has 0 aromatic carbocycles. The Morgan fingerprint density at radius 3 is 2.33 bits per heavy atom. The molecule has 0 unspecified atom stereocenters. The van der Waals surface area contributed by atoms with Crippen molar-refractivity contribution < 1.29 is 4.42 Å². The van der Waals surface area contributed by atoms with Gasteiger partial charge in [-0.1, -0.05) is 0 Å². The second kappa shape index (κ2) is 5.77. The third kappa shape index (κ3) is 4.10. The van der Waals surface area contributed by atoms with E-state index in [1.54, 1.807) is 0 Å². The van der Waals surface area contributed by atoms with E-state index in [-0.39, 0.29) is 0 Å². The van der Waals surface area contributed by atoms with Crippen LogP contribution in [0.4, 0.5) is 0 Å². The Balaban J connectivity index is 1.35. The molecule has 1 aromatic rings. The van der Waals surface area contributed by atoms with Crippen molar-refractivity contribution in [3.05, 3.63) is 23.2 Å². The third-order valence-corrected chi connectivity index (χ3v) is 5.04. The Bertz CT molecular complexity index is 469. The molecule has 1 N–H and O–H groups in total. The van der Waals surface area contributed by atoms with E-state index in [0.717, 1.165) is 36.7 Å². The standard InChI is InChI=1S/C18H28N2O/c1-13-16(9-19-17-6-7-17)8-18(21-13)12-20(10-14-2-3-14)11-15-4-5-15/h8,14-15,17,19H,2-7,9-12H2,1H3. The van der Waals surface area contributed by atoms with Crippen LogP contribution in [0.3, 0.4) is 0 Å². The molecule has 116 valence electrons. The van der Waals surface area contributed by atoms with Gasteiger partial charge in [0.15, 0.2) is 0 Å². The van der Waals surface area contributed by atoms with E-state index in [9.17, 15) is 0 Å². The average molecular weight is 288 g/mol. The van der Waals surface area contributed by atoms with Gasteiger partial charge in [-0.25, -0.2) is 0 Å². The van der Waals surface area contributed by atoms with Gasteiger partial charge in [0.25, 0.3) is 0 Å². The summed E-state index contributed by atoms with van der Waals surface area (Å²) < 4.78 is 6.02. The van der Waals surface area contributed by atoms with Crippen LogP contribution < -0.4 is 5.32 Å². The van der Waals surface area contributed by atoms with Crippen LogP contribution in [-0.2, 0) is 13.1 Å². The van der Waals surface area contributed by atoms with E-state index in [1.807, 2.05) is 0 Å². The summed E-state index contributed by atoms with van der Waals surface area (Å²) in [5, 5.41) is 3.59. The molecule has 21 heavy (non-hydrogen) atoms. The molecular formula is C18H28N2O. The lowest BCUT2D eigenvalue weighted by atomic mass is 10.2. The van der Waals surface area contributed by atoms with Gasteiger partial charge in [-0.3, -0.25) is 4.90 Å². The maximum atomic E-state index is 6.02. The van der Waals surface area contributed by atoms with E-state index >= 15 is 0 Å². The first-order valence-electron chi connectivity index (χ1n) is 8.80. The average Bonchev–Trinajstić information content (AvgIpc) is 3.30. The minimum Gasteiger partial charge on any atom is -0.465 e. The summed E-state index contributed by atoms with van der Waals surface area (Å²) in [4.78, 5) is 2.64. The predicted octanol–water partition coefficient (Wildman–Crippen LogP) is 3.46. The van der Waals surface area contributed by atoms with E-state index in [4.69, 9.17) is 4.42 Å². The van der Waals surface area contributed by atoms with Crippen LogP contribution in [-0.4, -0.2) is 24.0 Å². The zero-order chi connectivity index (χ0) is 14.2. The van der Waals surface area contributed by atoms with Gasteiger partial charge < -0.3 is 9.73 Å². The molecule has 3 heteroatoms. The fourth-order valence-electron chi connectivity index (χ4n) is 3.14. The van der Waals surface area contributed by atoms with Crippen LogP contribution >= 0.6 is 0 Å². The molecule has 1 heterocycles. The first kappa shape index (κ1) is 13.8. The number of hydrogen-bond donors (Lipinski definition) is 1. The largest absolute Gasteiger partial charge is 0.465 e. The summed E-state index contributed by atoms with van der Waals surface area (Å²) >= 11 is 0. The van der Waals surface area contributed by atoms with E-state index < -0.39 is 0 Å². The molecule has 1 aromatic heterocycles. The van der Waals surface area contributed by atoms with Gasteiger partial charge in [0, 0.05) is 31.2 Å². The summed E-state index contributed by atoms with van der Waals surface area (Å²) in [5.74, 6) is 4.21. The zero-order valence-corrected chi connectivity index (χ0v) is 13.2. The molecule has 4 rings (SSSR count). The van der Waals surface area contributed by atoms with E-state index in [2.05, 4.69) is 23.2 Å². The summed E-state index contributed by atoms with van der Waals surface area (Å²) in [6, 6.07) is 3.06. The highest BCUT2D eigenvalue weighted by molar-refractivity contribution is 5.21. The lowest BCUT2D eigenvalue weighted by Crippen LogP contribution is -2.27. The molecule has 0 radical (unpaired) electrons. The Morgan fingerprint density at radius 1 is 1.10 bits per heavy atom. The highest BCUT2D eigenvalue weighted by Crippen LogP contribution is 2.34. The number of hydrogen-bond acceptors (Lipinski definition) is 3. The van der Waals surface area contributed by atoms with Gasteiger partial charge in [0.1, 0.15) is 11.5 Å². The number of nitrogens with one attached hydrogen (secondary N) is 1. The molecule has 3 aliphatic carbocycles. The molecule has 0 saturated heterocycles. The first-order valence-corrected chi connectivity index (χ1v) is 8.80. The van der Waals surface area contributed by atoms with Crippen LogP contribution in [0.1, 0.15) is 55.6 Å². The highest BCUT2D eigenvalue weighted by Gasteiger charge is 2.29. The smallest absolute Gasteiger partial charge is 0.118 e. The molecule has 0 atom stereocenters. The highest BCUT2D eigenvalue weighted by atomic mass is 16.3. The summed E-state index contributed by atoms with van der Waals surface area (Å²) in [6.45, 7) is 6.67. The third-order valence-electron chi connectivity index (χ3n) is 5.04. The molecule has 3 nitrogen and oxygen atoms in total. The van der Waals surface area contributed by atoms with Crippen LogP contribution in [0.15, 0.2) is 10.5 Å². The van der Waals surface area contributed by atoms with Gasteiger partial charge in [-0.2, -0.15) is 0 Å². The summed E-state index contributed by atoms with van der Waals surface area (Å²) in [6.07, 6.45) is 8.45. The lowest BCUT2D eigenvalue weighted by molar-refractivity contribution is 0.224. The van der Waals surface area contributed by atoms with Crippen molar-refractivity contribution in [3.63, 3.8) is 0 Å². The van der Waals surface area contributed by atoms with Crippen molar-refractivity contribution in [3.8, 4) is 0 Å². The SMILES string of the molecule is Cc1oc(CN(CC2CC2)CC2CC2)cc1CNC1CC1. The molecule has 0 bridgehead atoms. The fourth-order valence-corrected chi connectivity index (χ4v) is 3.14. The van der Waals surface area contributed by atoms with Crippen molar-refractivity contribution in [1.29, 1.82) is 0 Å². The summed E-state index contributed by atoms with van der Waals surface area (Å²) in [7, 11) is 0. The van der Waals surface area contributed by atoms with Gasteiger partial charge in [0.05, 0.1) is 6.54 Å². The van der Waals surface area contributed by atoms with Crippen molar-refractivity contribution in [2.45, 2.75) is 64.6 Å². The van der Waals surface area contributed by atoms with Crippen LogP contribution in [0.5, 0.6) is 0 Å². The maximum absolute atomic E-state index is 6.02. The molecule has 3 fully saturated rings. The zero-order valence-electron chi connectivity index (χ0n) is 13.2. The van der Waals surface area contributed by atoms with Crippen LogP contribution in [0.2, 0.25) is 0 Å². The minimum atomic E-state index is 0.768. The first-order chi connectivity index (χ1) is 10.3. The number of nitrogens with zero attached hydrogens (tertiary/aromatic N) is 1. The minimum absolute atomic E-state index is 0.768.